The number of aryl methyl sites for hydroxylation is 1. The Balaban J connectivity index is 1.68. The van der Waals surface area contributed by atoms with Crippen molar-refractivity contribution in [1.82, 2.24) is 9.97 Å². The van der Waals surface area contributed by atoms with Crippen molar-refractivity contribution in [2.24, 2.45) is 0 Å². The molecule has 0 aliphatic carbocycles. The minimum absolute atomic E-state index is 0.0238. The number of sulfonamides is 1. The van der Waals surface area contributed by atoms with Crippen molar-refractivity contribution in [2.75, 3.05) is 40.2 Å². The highest BCUT2D eigenvalue weighted by atomic mass is 32.2. The number of hydrogen-bond donors (Lipinski definition) is 2. The van der Waals surface area contributed by atoms with E-state index in [2.05, 4.69) is 20.6 Å². The van der Waals surface area contributed by atoms with Crippen molar-refractivity contribution < 1.29 is 26.4 Å². The van der Waals surface area contributed by atoms with Gasteiger partial charge in [0.25, 0.3) is 0 Å². The van der Waals surface area contributed by atoms with Gasteiger partial charge in [0.15, 0.2) is 0 Å². The number of carbonyl (C=O) groups is 1. The average molecular weight is 535 g/mol. The Morgan fingerprint density at radius 2 is 1.89 bits per heavy atom. The maximum Gasteiger partial charge on any atom is 0.421 e. The third-order valence-corrected chi connectivity index (χ3v) is 7.28. The standard InChI is InChI=1S/C24H25F3N6O3S/c1-14-8-9-16(33(3)37(4,35)36)10-15(14)13-32(2)22-18(24(25,26)27)12-28-23(31-22)30-20-7-5-6-19-17(20)11-21(34)29-19/h5-10,12H,11,13H2,1-4H3,(H,29,34)(H,28,30,31). The first-order chi connectivity index (χ1) is 17.2. The van der Waals surface area contributed by atoms with Crippen LogP contribution in [0.2, 0.25) is 0 Å². The Morgan fingerprint density at radius 1 is 1.16 bits per heavy atom. The Morgan fingerprint density at radius 3 is 2.57 bits per heavy atom. The van der Waals surface area contributed by atoms with E-state index in [0.717, 1.165) is 16.1 Å². The van der Waals surface area contributed by atoms with Gasteiger partial charge >= 0.3 is 6.18 Å². The van der Waals surface area contributed by atoms with E-state index in [1.807, 2.05) is 0 Å². The molecule has 9 nitrogen and oxygen atoms in total. The van der Waals surface area contributed by atoms with Gasteiger partial charge in [0.05, 0.1) is 18.4 Å². The van der Waals surface area contributed by atoms with E-state index in [9.17, 15) is 26.4 Å². The highest BCUT2D eigenvalue weighted by Crippen LogP contribution is 2.37. The van der Waals surface area contributed by atoms with E-state index < -0.39 is 21.8 Å². The molecule has 4 rings (SSSR count). The fraction of sp³-hybridized carbons (Fsp3) is 0.292. The fourth-order valence-electron chi connectivity index (χ4n) is 3.96. The van der Waals surface area contributed by atoms with E-state index in [1.54, 1.807) is 43.3 Å². The number of rotatable bonds is 7. The maximum absolute atomic E-state index is 13.9. The van der Waals surface area contributed by atoms with Crippen molar-refractivity contribution in [2.45, 2.75) is 26.1 Å². The van der Waals surface area contributed by atoms with Crippen LogP contribution in [0, 0.1) is 6.92 Å². The second kappa shape index (κ2) is 9.54. The van der Waals surface area contributed by atoms with Crippen LogP contribution in [-0.2, 0) is 34.0 Å². The van der Waals surface area contributed by atoms with Crippen LogP contribution in [0.3, 0.4) is 0 Å². The minimum Gasteiger partial charge on any atom is -0.355 e. The van der Waals surface area contributed by atoms with Crippen molar-refractivity contribution in [3.8, 4) is 0 Å². The van der Waals surface area contributed by atoms with Crippen LogP contribution in [0.15, 0.2) is 42.6 Å². The number of amides is 1. The lowest BCUT2D eigenvalue weighted by Crippen LogP contribution is -2.26. The third-order valence-electron chi connectivity index (χ3n) is 6.07. The van der Waals surface area contributed by atoms with Gasteiger partial charge in [0.1, 0.15) is 11.4 Å². The van der Waals surface area contributed by atoms with Gasteiger partial charge in [-0.05, 0) is 42.3 Å². The highest BCUT2D eigenvalue weighted by Gasteiger charge is 2.36. The van der Waals surface area contributed by atoms with Gasteiger partial charge in [-0.25, -0.2) is 13.4 Å². The lowest BCUT2D eigenvalue weighted by Gasteiger charge is -2.25. The third kappa shape index (κ3) is 5.61. The summed E-state index contributed by atoms with van der Waals surface area (Å²) in [6.45, 7) is 1.81. The average Bonchev–Trinajstić information content (AvgIpc) is 3.20. The molecule has 1 aliphatic rings. The molecule has 196 valence electrons. The first kappa shape index (κ1) is 26.2. The van der Waals surface area contributed by atoms with Crippen molar-refractivity contribution in [3.05, 3.63) is 64.8 Å². The van der Waals surface area contributed by atoms with Crippen molar-refractivity contribution in [1.29, 1.82) is 0 Å². The van der Waals surface area contributed by atoms with Gasteiger partial charge in [-0.3, -0.25) is 9.10 Å². The van der Waals surface area contributed by atoms with Crippen molar-refractivity contribution in [3.63, 3.8) is 0 Å². The number of benzene rings is 2. The van der Waals surface area contributed by atoms with Crippen LogP contribution in [0.5, 0.6) is 0 Å². The summed E-state index contributed by atoms with van der Waals surface area (Å²) in [6.07, 6.45) is -2.80. The zero-order valence-electron chi connectivity index (χ0n) is 20.5. The van der Waals surface area contributed by atoms with Crippen LogP contribution in [0.25, 0.3) is 0 Å². The van der Waals surface area contributed by atoms with E-state index in [1.165, 1.54) is 19.0 Å². The fourth-order valence-corrected chi connectivity index (χ4v) is 4.45. The summed E-state index contributed by atoms with van der Waals surface area (Å²) < 4.78 is 66.6. The number of nitrogens with one attached hydrogen (secondary N) is 2. The minimum atomic E-state index is -4.71. The predicted octanol–water partition coefficient (Wildman–Crippen LogP) is 4.07. The first-order valence-electron chi connectivity index (χ1n) is 11.1. The molecular formula is C24H25F3N6O3S. The molecule has 0 bridgehead atoms. The van der Waals surface area contributed by atoms with E-state index >= 15 is 0 Å². The number of hydrogen-bond acceptors (Lipinski definition) is 7. The molecule has 1 aromatic heterocycles. The first-order valence-corrected chi connectivity index (χ1v) is 13.0. The number of carbonyl (C=O) groups excluding carboxylic acids is 1. The van der Waals surface area contributed by atoms with Crippen LogP contribution < -0.4 is 19.8 Å². The zero-order chi connectivity index (χ0) is 27.1. The molecule has 3 aromatic rings. The second-order valence-corrected chi connectivity index (χ2v) is 10.8. The second-order valence-electron chi connectivity index (χ2n) is 8.81. The molecule has 0 spiro atoms. The smallest absolute Gasteiger partial charge is 0.355 e. The number of nitrogens with zero attached hydrogens (tertiary/aromatic N) is 4. The van der Waals surface area contributed by atoms with E-state index in [0.29, 0.717) is 34.4 Å². The molecule has 2 heterocycles. The molecule has 0 atom stereocenters. The predicted molar refractivity (Wildman–Crippen MR) is 136 cm³/mol. The summed E-state index contributed by atoms with van der Waals surface area (Å²) in [5.41, 5.74) is 2.58. The van der Waals surface area contributed by atoms with Crippen LogP contribution in [0.4, 0.5) is 42.0 Å². The maximum atomic E-state index is 13.9. The summed E-state index contributed by atoms with van der Waals surface area (Å²) in [5, 5.41) is 5.65. The molecule has 2 aromatic carbocycles. The van der Waals surface area contributed by atoms with Gasteiger partial charge in [-0.2, -0.15) is 18.2 Å². The van der Waals surface area contributed by atoms with Crippen LogP contribution in [-0.4, -0.2) is 44.6 Å². The SMILES string of the molecule is Cc1ccc(N(C)S(C)(=O)=O)cc1CN(C)c1nc(Nc2cccc3c2CC(=O)N3)ncc1C(F)(F)F. The quantitative estimate of drug-likeness (QED) is 0.471. The largest absolute Gasteiger partial charge is 0.421 e. The Kier molecular flexibility index (Phi) is 6.76. The van der Waals surface area contributed by atoms with Gasteiger partial charge in [-0.1, -0.05) is 12.1 Å². The number of aromatic nitrogens is 2. The molecule has 0 unspecified atom stereocenters. The van der Waals surface area contributed by atoms with Gasteiger partial charge in [-0.15, -0.1) is 0 Å². The number of fused-ring (bicyclic) bond motifs is 1. The molecule has 0 saturated heterocycles. The van der Waals surface area contributed by atoms with Gasteiger partial charge < -0.3 is 15.5 Å². The van der Waals surface area contributed by atoms with Crippen molar-refractivity contribution >= 4 is 44.8 Å². The molecule has 37 heavy (non-hydrogen) atoms. The van der Waals surface area contributed by atoms with Crippen LogP contribution >= 0.6 is 0 Å². The van der Waals surface area contributed by atoms with Gasteiger partial charge in [0, 0.05) is 43.8 Å². The lowest BCUT2D eigenvalue weighted by molar-refractivity contribution is -0.137. The number of alkyl halides is 3. The molecule has 1 amide bonds. The highest BCUT2D eigenvalue weighted by molar-refractivity contribution is 7.92. The summed E-state index contributed by atoms with van der Waals surface area (Å²) in [7, 11) is -0.646. The summed E-state index contributed by atoms with van der Waals surface area (Å²) in [4.78, 5) is 21.2. The molecule has 2 N–H and O–H groups in total. The summed E-state index contributed by atoms with van der Waals surface area (Å²) in [6, 6.07) is 10.1. The van der Waals surface area contributed by atoms with E-state index in [4.69, 9.17) is 0 Å². The van der Waals surface area contributed by atoms with E-state index in [-0.39, 0.29) is 30.6 Å². The molecule has 13 heteroatoms. The Hall–Kier alpha value is -3.87. The molecular weight excluding hydrogens is 509 g/mol. The molecule has 1 aliphatic heterocycles. The summed E-state index contributed by atoms with van der Waals surface area (Å²) >= 11 is 0. The van der Waals surface area contributed by atoms with Gasteiger partial charge in [0.2, 0.25) is 21.9 Å². The number of halogens is 3. The van der Waals surface area contributed by atoms with Crippen LogP contribution in [0.1, 0.15) is 22.3 Å². The lowest BCUT2D eigenvalue weighted by atomic mass is 10.1. The normalized spacial score (nSPS) is 13.2. The molecule has 0 fully saturated rings. The molecule has 0 saturated carbocycles. The Labute approximate surface area is 212 Å². The topological polar surface area (TPSA) is 108 Å². The summed E-state index contributed by atoms with van der Waals surface area (Å²) in [5.74, 6) is -0.602. The zero-order valence-corrected chi connectivity index (χ0v) is 21.3. The number of anilines is 5. The molecule has 0 radical (unpaired) electrons. The monoisotopic (exact) mass is 534 g/mol. The Bertz CT molecular complexity index is 1480.